The van der Waals surface area contributed by atoms with Crippen molar-refractivity contribution in [3.8, 4) is 5.75 Å². The summed E-state index contributed by atoms with van der Waals surface area (Å²) in [5.74, 6) is 0.714. The van der Waals surface area contributed by atoms with Crippen LogP contribution in [0.3, 0.4) is 0 Å². The Morgan fingerprint density at radius 1 is 1.06 bits per heavy atom. The molecule has 1 aliphatic rings. The van der Waals surface area contributed by atoms with Gasteiger partial charge in [0.05, 0.1) is 12.0 Å². The lowest BCUT2D eigenvalue weighted by molar-refractivity contribution is -0.384. The highest BCUT2D eigenvalue weighted by molar-refractivity contribution is 6.07. The molecule has 0 aliphatic carbocycles. The summed E-state index contributed by atoms with van der Waals surface area (Å²) in [6.45, 7) is 2.92. The van der Waals surface area contributed by atoms with Crippen LogP contribution in [0.4, 0.5) is 17.1 Å². The summed E-state index contributed by atoms with van der Waals surface area (Å²) in [5.41, 5.74) is 1.81. The monoisotopic (exact) mass is 435 g/mol. The Morgan fingerprint density at radius 2 is 1.78 bits per heavy atom. The highest BCUT2D eigenvalue weighted by Gasteiger charge is 2.25. The molecule has 0 spiro atoms. The fourth-order valence-corrected chi connectivity index (χ4v) is 4.00. The first-order valence-electron chi connectivity index (χ1n) is 10.4. The minimum atomic E-state index is -0.420. The second kappa shape index (κ2) is 9.09. The summed E-state index contributed by atoms with van der Waals surface area (Å²) in [4.78, 5) is 32.5. The third kappa shape index (κ3) is 4.27. The Kier molecular flexibility index (Phi) is 6.07. The molecule has 0 bridgehead atoms. The van der Waals surface area contributed by atoms with Gasteiger partial charge < -0.3 is 19.1 Å². The number of carbonyl (C=O) groups is 1. The number of anilines is 2. The minimum absolute atomic E-state index is 0.0667. The molecule has 1 aliphatic heterocycles. The van der Waals surface area contributed by atoms with Crippen LogP contribution >= 0.6 is 0 Å². The molecule has 1 saturated heterocycles. The van der Waals surface area contributed by atoms with Gasteiger partial charge in [-0.05, 0) is 42.8 Å². The topological polar surface area (TPSA) is 93.7 Å². The molecule has 1 fully saturated rings. The number of ketones is 1. The van der Waals surface area contributed by atoms with Crippen LogP contribution in [0, 0.1) is 10.1 Å². The summed E-state index contributed by atoms with van der Waals surface area (Å²) in [5, 5.41) is 11.8. The first-order valence-corrected chi connectivity index (χ1v) is 10.4. The van der Waals surface area contributed by atoms with Gasteiger partial charge in [0.25, 0.3) is 5.69 Å². The zero-order valence-corrected chi connectivity index (χ0v) is 18.1. The number of hydrogen-bond donors (Lipinski definition) is 0. The molecule has 0 radical (unpaired) electrons. The van der Waals surface area contributed by atoms with Crippen molar-refractivity contribution in [2.75, 3.05) is 43.1 Å². The average Bonchev–Trinajstić information content (AvgIpc) is 3.09. The highest BCUT2D eigenvalue weighted by Crippen LogP contribution is 2.31. The lowest BCUT2D eigenvalue weighted by Gasteiger charge is -2.25. The first-order chi connectivity index (χ1) is 15.5. The first kappa shape index (κ1) is 21.4. The molecular weight excluding hydrogens is 410 g/mol. The van der Waals surface area contributed by atoms with Crippen LogP contribution in [0.5, 0.6) is 5.75 Å². The molecule has 0 atom stereocenters. The SMILES string of the molecule is COc1ccc(N2CCCN(c3ccc(C(=O)c4nccn4C)cc3[N+](=O)[O-])CC2)cc1. The van der Waals surface area contributed by atoms with E-state index in [1.54, 1.807) is 37.1 Å². The quantitative estimate of drug-likeness (QED) is 0.333. The minimum Gasteiger partial charge on any atom is -0.497 e. The molecule has 2 heterocycles. The van der Waals surface area contributed by atoms with E-state index >= 15 is 0 Å². The van der Waals surface area contributed by atoms with E-state index in [1.165, 1.54) is 12.3 Å². The number of ether oxygens (including phenoxy) is 1. The van der Waals surface area contributed by atoms with Crippen molar-refractivity contribution in [1.29, 1.82) is 0 Å². The molecule has 2 aromatic carbocycles. The number of hydrogen-bond acceptors (Lipinski definition) is 7. The second-order valence-electron chi connectivity index (χ2n) is 7.68. The Morgan fingerprint density at radius 3 is 2.44 bits per heavy atom. The van der Waals surface area contributed by atoms with Gasteiger partial charge in [0, 0.05) is 62.9 Å². The van der Waals surface area contributed by atoms with Crippen molar-refractivity contribution in [2.45, 2.75) is 6.42 Å². The molecule has 0 N–H and O–H groups in total. The van der Waals surface area contributed by atoms with Crippen molar-refractivity contribution >= 4 is 22.8 Å². The second-order valence-corrected chi connectivity index (χ2v) is 7.68. The Bertz CT molecular complexity index is 1130. The zero-order valence-electron chi connectivity index (χ0n) is 18.1. The molecule has 0 amide bonds. The largest absolute Gasteiger partial charge is 0.497 e. The lowest BCUT2D eigenvalue weighted by atomic mass is 10.1. The van der Waals surface area contributed by atoms with Crippen molar-refractivity contribution in [3.05, 3.63) is 76.4 Å². The third-order valence-corrected chi connectivity index (χ3v) is 5.73. The number of nitrogens with zero attached hydrogens (tertiary/aromatic N) is 5. The molecule has 4 rings (SSSR count). The van der Waals surface area contributed by atoms with Gasteiger partial charge >= 0.3 is 0 Å². The van der Waals surface area contributed by atoms with Crippen molar-refractivity contribution in [3.63, 3.8) is 0 Å². The Labute approximate surface area is 186 Å². The molecule has 0 saturated carbocycles. The number of carbonyl (C=O) groups excluding carboxylic acids is 1. The van der Waals surface area contributed by atoms with Crippen molar-refractivity contribution in [1.82, 2.24) is 9.55 Å². The van der Waals surface area contributed by atoms with Gasteiger partial charge in [-0.15, -0.1) is 0 Å². The number of methoxy groups -OCH3 is 1. The predicted molar refractivity (Wildman–Crippen MR) is 122 cm³/mol. The van der Waals surface area contributed by atoms with Gasteiger partial charge in [-0.2, -0.15) is 0 Å². The molecule has 166 valence electrons. The number of rotatable bonds is 6. The van der Waals surface area contributed by atoms with E-state index in [0.29, 0.717) is 18.8 Å². The molecule has 0 unspecified atom stereocenters. The van der Waals surface area contributed by atoms with E-state index in [0.717, 1.165) is 30.9 Å². The van der Waals surface area contributed by atoms with E-state index < -0.39 is 4.92 Å². The predicted octanol–water partition coefficient (Wildman–Crippen LogP) is 3.28. The summed E-state index contributed by atoms with van der Waals surface area (Å²) in [6, 6.07) is 12.6. The standard InChI is InChI=1S/C23H25N5O4/c1-25-13-10-24-23(25)22(29)17-4-9-20(21(16-17)28(30)31)27-12-3-11-26(14-15-27)18-5-7-19(32-2)8-6-18/h4-10,13,16H,3,11-12,14-15H2,1-2H3. The maximum Gasteiger partial charge on any atom is 0.293 e. The van der Waals surface area contributed by atoms with Gasteiger partial charge in [0.2, 0.25) is 5.78 Å². The van der Waals surface area contributed by atoms with Crippen LogP contribution in [0.2, 0.25) is 0 Å². The fourth-order valence-electron chi connectivity index (χ4n) is 4.00. The summed E-state index contributed by atoms with van der Waals surface area (Å²) in [6.07, 6.45) is 4.06. The van der Waals surface area contributed by atoms with Crippen LogP contribution in [0.1, 0.15) is 22.6 Å². The van der Waals surface area contributed by atoms with Crippen LogP contribution in [0.25, 0.3) is 0 Å². The van der Waals surface area contributed by atoms with E-state index in [2.05, 4.69) is 9.88 Å². The Balaban J connectivity index is 1.55. The maximum atomic E-state index is 12.8. The van der Waals surface area contributed by atoms with Gasteiger partial charge in [-0.1, -0.05) is 0 Å². The van der Waals surface area contributed by atoms with Crippen molar-refractivity contribution in [2.24, 2.45) is 7.05 Å². The van der Waals surface area contributed by atoms with E-state index in [-0.39, 0.29) is 22.9 Å². The van der Waals surface area contributed by atoms with Gasteiger partial charge in [0.15, 0.2) is 5.82 Å². The van der Waals surface area contributed by atoms with Crippen molar-refractivity contribution < 1.29 is 14.5 Å². The number of aromatic nitrogens is 2. The van der Waals surface area contributed by atoms with E-state index in [4.69, 9.17) is 4.74 Å². The molecule has 9 nitrogen and oxygen atoms in total. The smallest absolute Gasteiger partial charge is 0.293 e. The highest BCUT2D eigenvalue weighted by atomic mass is 16.6. The van der Waals surface area contributed by atoms with Crippen LogP contribution in [-0.4, -0.2) is 53.5 Å². The maximum absolute atomic E-state index is 12.8. The number of benzene rings is 2. The van der Waals surface area contributed by atoms with Gasteiger partial charge in [0.1, 0.15) is 11.4 Å². The van der Waals surface area contributed by atoms with E-state index in [1.807, 2.05) is 29.2 Å². The van der Waals surface area contributed by atoms with Gasteiger partial charge in [-0.3, -0.25) is 14.9 Å². The number of nitro groups is 1. The summed E-state index contributed by atoms with van der Waals surface area (Å²) in [7, 11) is 3.36. The van der Waals surface area contributed by atoms with E-state index in [9.17, 15) is 14.9 Å². The van der Waals surface area contributed by atoms with Crippen LogP contribution < -0.4 is 14.5 Å². The Hall–Kier alpha value is -3.88. The number of aryl methyl sites for hydroxylation is 1. The number of imidazole rings is 1. The molecule has 9 heteroatoms. The molecular formula is C23H25N5O4. The molecule has 3 aromatic rings. The summed E-state index contributed by atoms with van der Waals surface area (Å²) >= 11 is 0. The molecule has 1 aromatic heterocycles. The number of nitro benzene ring substituents is 1. The average molecular weight is 435 g/mol. The summed E-state index contributed by atoms with van der Waals surface area (Å²) < 4.78 is 6.83. The lowest BCUT2D eigenvalue weighted by Crippen LogP contribution is -2.31. The normalized spacial score (nSPS) is 14.2. The van der Waals surface area contributed by atoms with Crippen LogP contribution in [0.15, 0.2) is 54.9 Å². The molecule has 32 heavy (non-hydrogen) atoms. The van der Waals surface area contributed by atoms with Crippen LogP contribution in [-0.2, 0) is 7.05 Å². The van der Waals surface area contributed by atoms with Gasteiger partial charge in [-0.25, -0.2) is 4.98 Å². The fraction of sp³-hybridized carbons (Fsp3) is 0.304. The zero-order chi connectivity index (χ0) is 22.7. The third-order valence-electron chi connectivity index (χ3n) is 5.73.